The van der Waals surface area contributed by atoms with Crippen LogP contribution in [0.5, 0.6) is 0 Å². The monoisotopic (exact) mass is 539 g/mol. The van der Waals surface area contributed by atoms with Crippen LogP contribution in [-0.2, 0) is 21.3 Å². The molecule has 12 heteroatoms. The summed E-state index contributed by atoms with van der Waals surface area (Å²) in [7, 11) is -3.15. The lowest BCUT2D eigenvalue weighted by Gasteiger charge is -2.32. The first-order valence-corrected chi connectivity index (χ1v) is 15.0. The third-order valence-corrected chi connectivity index (χ3v) is 9.27. The Balaban J connectivity index is 1.37. The Kier molecular flexibility index (Phi) is 6.45. The topological polar surface area (TPSA) is 108 Å². The van der Waals surface area contributed by atoms with Crippen LogP contribution in [0, 0.1) is 0 Å². The second-order valence-electron chi connectivity index (χ2n) is 9.36. The number of thiophene rings is 1. The molecule has 37 heavy (non-hydrogen) atoms. The van der Waals surface area contributed by atoms with Crippen molar-refractivity contribution in [3.63, 3.8) is 0 Å². The maximum absolute atomic E-state index is 11.9. The van der Waals surface area contributed by atoms with Gasteiger partial charge in [0.2, 0.25) is 10.0 Å². The van der Waals surface area contributed by atoms with E-state index in [1.54, 1.807) is 21.7 Å². The fraction of sp³-hybridized carbons (Fsp3) is 0.400. The SMILES string of the molecule is C=Cc1nc2c(-c3nc(N4CCOCC4)c4sc(CN5CCN(S(C)(=O)=O)CC5)cc4n3)cccc2[nH]1. The van der Waals surface area contributed by atoms with Crippen molar-refractivity contribution in [3.05, 3.63) is 41.5 Å². The molecule has 3 aromatic heterocycles. The van der Waals surface area contributed by atoms with Crippen LogP contribution in [0.25, 0.3) is 38.7 Å². The van der Waals surface area contributed by atoms with Crippen LogP contribution in [0.15, 0.2) is 30.8 Å². The number of morpholine rings is 1. The molecule has 2 aliphatic heterocycles. The van der Waals surface area contributed by atoms with E-state index in [0.717, 1.165) is 52.3 Å². The fourth-order valence-corrected chi connectivity index (χ4v) is 6.90. The Morgan fingerprint density at radius 3 is 2.62 bits per heavy atom. The Hall–Kier alpha value is -2.90. The number of anilines is 1. The number of rotatable bonds is 6. The van der Waals surface area contributed by atoms with Crippen LogP contribution in [0.3, 0.4) is 0 Å². The van der Waals surface area contributed by atoms with Crippen molar-refractivity contribution >= 4 is 54.5 Å². The van der Waals surface area contributed by atoms with Crippen LogP contribution in [-0.4, -0.2) is 96.3 Å². The molecule has 4 aromatic rings. The van der Waals surface area contributed by atoms with E-state index < -0.39 is 10.0 Å². The number of para-hydroxylation sites is 1. The number of ether oxygens (including phenoxy) is 1. The summed E-state index contributed by atoms with van der Waals surface area (Å²) >= 11 is 1.72. The Morgan fingerprint density at radius 2 is 1.89 bits per heavy atom. The highest BCUT2D eigenvalue weighted by molar-refractivity contribution is 7.88. The average molecular weight is 540 g/mol. The summed E-state index contributed by atoms with van der Waals surface area (Å²) < 4.78 is 32.0. The second-order valence-corrected chi connectivity index (χ2v) is 12.5. The van der Waals surface area contributed by atoms with E-state index in [4.69, 9.17) is 19.7 Å². The highest BCUT2D eigenvalue weighted by Gasteiger charge is 2.25. The van der Waals surface area contributed by atoms with Gasteiger partial charge in [-0.2, -0.15) is 4.31 Å². The Labute approximate surface area is 219 Å². The predicted molar refractivity (Wildman–Crippen MR) is 147 cm³/mol. The van der Waals surface area contributed by atoms with Gasteiger partial charge < -0.3 is 14.6 Å². The molecule has 0 amide bonds. The first kappa shape index (κ1) is 24.4. The van der Waals surface area contributed by atoms with Gasteiger partial charge in [-0.1, -0.05) is 12.6 Å². The van der Waals surface area contributed by atoms with Gasteiger partial charge >= 0.3 is 0 Å². The first-order valence-electron chi connectivity index (χ1n) is 12.3. The van der Waals surface area contributed by atoms with E-state index in [-0.39, 0.29) is 0 Å². The summed E-state index contributed by atoms with van der Waals surface area (Å²) in [6.45, 7) is 9.94. The summed E-state index contributed by atoms with van der Waals surface area (Å²) in [5, 5.41) is 0. The van der Waals surface area contributed by atoms with Gasteiger partial charge in [-0.15, -0.1) is 11.3 Å². The lowest BCUT2D eigenvalue weighted by atomic mass is 10.1. The third kappa shape index (κ3) is 4.87. The third-order valence-electron chi connectivity index (χ3n) is 6.86. The highest BCUT2D eigenvalue weighted by Crippen LogP contribution is 2.36. The molecule has 0 bridgehead atoms. The van der Waals surface area contributed by atoms with Gasteiger partial charge in [0.05, 0.1) is 40.7 Å². The maximum Gasteiger partial charge on any atom is 0.211 e. The molecule has 0 radical (unpaired) electrons. The minimum absolute atomic E-state index is 0.521. The number of H-pyrrole nitrogens is 1. The predicted octanol–water partition coefficient (Wildman–Crippen LogP) is 2.79. The molecule has 10 nitrogen and oxygen atoms in total. The van der Waals surface area contributed by atoms with Gasteiger partial charge in [-0.05, 0) is 24.3 Å². The van der Waals surface area contributed by atoms with E-state index in [1.807, 2.05) is 18.2 Å². The van der Waals surface area contributed by atoms with Crippen molar-refractivity contribution in [3.8, 4) is 11.4 Å². The van der Waals surface area contributed by atoms with E-state index >= 15 is 0 Å². The molecule has 0 saturated carbocycles. The molecule has 5 heterocycles. The number of nitrogens with zero attached hydrogens (tertiary/aromatic N) is 6. The number of benzene rings is 1. The molecule has 2 aliphatic rings. The number of fused-ring (bicyclic) bond motifs is 2. The van der Waals surface area contributed by atoms with Crippen LogP contribution in [0.4, 0.5) is 5.82 Å². The summed E-state index contributed by atoms with van der Waals surface area (Å²) in [6, 6.07) is 8.14. The molecular formula is C25H29N7O3S2. The van der Waals surface area contributed by atoms with Crippen molar-refractivity contribution in [2.24, 2.45) is 0 Å². The number of imidazole rings is 1. The van der Waals surface area contributed by atoms with E-state index in [2.05, 4.69) is 27.4 Å². The second kappa shape index (κ2) is 9.76. The van der Waals surface area contributed by atoms with Crippen LogP contribution < -0.4 is 4.90 Å². The molecule has 0 unspecified atom stereocenters. The normalized spacial score (nSPS) is 18.1. The molecule has 0 atom stereocenters. The summed E-state index contributed by atoms with van der Waals surface area (Å²) in [5.74, 6) is 2.29. The molecule has 0 aliphatic carbocycles. The fourth-order valence-electron chi connectivity index (χ4n) is 4.92. The molecule has 2 fully saturated rings. The minimum atomic E-state index is -3.15. The van der Waals surface area contributed by atoms with Crippen molar-refractivity contribution in [2.75, 3.05) is 63.6 Å². The summed E-state index contributed by atoms with van der Waals surface area (Å²) in [4.78, 5) is 23.8. The zero-order valence-corrected chi connectivity index (χ0v) is 22.3. The number of sulfonamides is 1. The number of aromatic amines is 1. The smallest absolute Gasteiger partial charge is 0.211 e. The van der Waals surface area contributed by atoms with Crippen molar-refractivity contribution < 1.29 is 13.2 Å². The number of hydrogen-bond acceptors (Lipinski definition) is 9. The van der Waals surface area contributed by atoms with Crippen molar-refractivity contribution in [2.45, 2.75) is 6.54 Å². The molecular weight excluding hydrogens is 510 g/mol. The molecule has 0 spiro atoms. The number of piperazine rings is 1. The number of nitrogens with one attached hydrogen (secondary N) is 1. The zero-order chi connectivity index (χ0) is 25.6. The van der Waals surface area contributed by atoms with Crippen LogP contribution in [0.2, 0.25) is 0 Å². The van der Waals surface area contributed by atoms with Crippen molar-refractivity contribution in [1.82, 2.24) is 29.1 Å². The van der Waals surface area contributed by atoms with Gasteiger partial charge in [-0.3, -0.25) is 4.90 Å². The lowest BCUT2D eigenvalue weighted by molar-refractivity contribution is 0.122. The van der Waals surface area contributed by atoms with Gasteiger partial charge in [-0.25, -0.2) is 23.4 Å². The first-order chi connectivity index (χ1) is 17.9. The summed E-state index contributed by atoms with van der Waals surface area (Å²) in [6.07, 6.45) is 2.98. The lowest BCUT2D eigenvalue weighted by Crippen LogP contribution is -2.47. The highest BCUT2D eigenvalue weighted by atomic mass is 32.2. The largest absolute Gasteiger partial charge is 0.378 e. The maximum atomic E-state index is 11.9. The molecule has 2 saturated heterocycles. The molecule has 6 rings (SSSR count). The van der Waals surface area contributed by atoms with Crippen molar-refractivity contribution in [1.29, 1.82) is 0 Å². The minimum Gasteiger partial charge on any atom is -0.378 e. The van der Waals surface area contributed by atoms with Crippen LogP contribution >= 0.6 is 11.3 Å². The Morgan fingerprint density at radius 1 is 1.11 bits per heavy atom. The number of hydrogen-bond donors (Lipinski definition) is 1. The average Bonchev–Trinajstić information content (AvgIpc) is 3.51. The number of aromatic nitrogens is 4. The van der Waals surface area contributed by atoms with Crippen LogP contribution in [0.1, 0.15) is 10.7 Å². The molecule has 194 valence electrons. The Bertz CT molecular complexity index is 1570. The standard InChI is InChI=1S/C25H29N7O3S2/c1-3-21-26-19-6-4-5-18(22(19)28-21)24-27-20-15-17(16-30-7-9-32(10-8-30)37(2,33)34)36-23(20)25(29-24)31-11-13-35-14-12-31/h3-6,15H,1,7-14,16H2,2H3,(H,26,28). The van der Waals surface area contributed by atoms with Gasteiger partial charge in [0.1, 0.15) is 5.82 Å². The molecule has 1 N–H and O–H groups in total. The van der Waals surface area contributed by atoms with Gasteiger partial charge in [0.15, 0.2) is 11.6 Å². The van der Waals surface area contributed by atoms with E-state index in [9.17, 15) is 8.42 Å². The van der Waals surface area contributed by atoms with Gasteiger partial charge in [0, 0.05) is 56.3 Å². The molecule has 1 aromatic carbocycles. The van der Waals surface area contributed by atoms with E-state index in [1.165, 1.54) is 11.1 Å². The summed E-state index contributed by atoms with van der Waals surface area (Å²) in [5.41, 5.74) is 3.53. The zero-order valence-electron chi connectivity index (χ0n) is 20.7. The van der Waals surface area contributed by atoms with E-state index in [0.29, 0.717) is 51.0 Å². The van der Waals surface area contributed by atoms with Gasteiger partial charge in [0.25, 0.3) is 0 Å². The quantitative estimate of drug-likeness (QED) is 0.399.